The fourth-order valence-electron chi connectivity index (χ4n) is 2.64. The van der Waals surface area contributed by atoms with Crippen LogP contribution < -0.4 is 5.32 Å². The fraction of sp³-hybridized carbons (Fsp3) is 0.857. The topological polar surface area (TPSA) is 89.9 Å². The number of nitrogens with one attached hydrogen (secondary N) is 1. The van der Waals surface area contributed by atoms with Gasteiger partial charge in [-0.1, -0.05) is 12.8 Å². The van der Waals surface area contributed by atoms with E-state index in [4.69, 9.17) is 0 Å². The molecule has 116 valence electrons. The van der Waals surface area contributed by atoms with Crippen LogP contribution in [0.4, 0.5) is 4.79 Å². The lowest BCUT2D eigenvalue weighted by Gasteiger charge is -2.33. The van der Waals surface area contributed by atoms with Crippen LogP contribution in [-0.4, -0.2) is 51.8 Å². The third kappa shape index (κ3) is 5.00. The largest absolute Gasteiger partial charge is 0.481 e. The number of aliphatic hydroxyl groups is 1. The number of hydrogen-bond donors (Lipinski definition) is 3. The van der Waals surface area contributed by atoms with Crippen LogP contribution >= 0.6 is 0 Å². The molecule has 6 heteroatoms. The van der Waals surface area contributed by atoms with Crippen molar-refractivity contribution in [2.75, 3.05) is 13.1 Å². The monoisotopic (exact) mass is 286 g/mol. The molecule has 1 aliphatic rings. The third-order valence-corrected chi connectivity index (χ3v) is 3.64. The number of rotatable bonds is 5. The first-order chi connectivity index (χ1) is 9.24. The number of urea groups is 1. The SMILES string of the molecule is CCN(CC(C)(C)O)C(=O)NC1CCCCC1C(=O)O. The van der Waals surface area contributed by atoms with Crippen molar-refractivity contribution in [3.8, 4) is 0 Å². The summed E-state index contributed by atoms with van der Waals surface area (Å²) < 4.78 is 0. The van der Waals surface area contributed by atoms with E-state index < -0.39 is 17.5 Å². The van der Waals surface area contributed by atoms with Crippen molar-refractivity contribution >= 4 is 12.0 Å². The van der Waals surface area contributed by atoms with Crippen molar-refractivity contribution in [3.63, 3.8) is 0 Å². The van der Waals surface area contributed by atoms with E-state index in [9.17, 15) is 19.8 Å². The Morgan fingerprint density at radius 3 is 2.40 bits per heavy atom. The van der Waals surface area contributed by atoms with Crippen molar-refractivity contribution < 1.29 is 19.8 Å². The fourth-order valence-corrected chi connectivity index (χ4v) is 2.64. The van der Waals surface area contributed by atoms with E-state index in [1.807, 2.05) is 6.92 Å². The lowest BCUT2D eigenvalue weighted by Crippen LogP contribution is -2.52. The van der Waals surface area contributed by atoms with E-state index in [1.54, 1.807) is 13.8 Å². The standard InChI is InChI=1S/C14H26N2O4/c1-4-16(9-14(2,3)20)13(19)15-11-8-6-5-7-10(11)12(17)18/h10-11,20H,4-9H2,1-3H3,(H,15,19)(H,17,18). The maximum absolute atomic E-state index is 12.2. The Kier molecular flexibility index (Phi) is 5.80. The number of carbonyl (C=O) groups is 2. The highest BCUT2D eigenvalue weighted by Gasteiger charge is 2.33. The molecule has 0 bridgehead atoms. The molecule has 2 atom stereocenters. The molecule has 0 aromatic carbocycles. The molecule has 1 aliphatic carbocycles. The molecule has 0 saturated heterocycles. The summed E-state index contributed by atoms with van der Waals surface area (Å²) in [7, 11) is 0. The van der Waals surface area contributed by atoms with Gasteiger partial charge in [0.2, 0.25) is 0 Å². The Labute approximate surface area is 120 Å². The van der Waals surface area contributed by atoms with E-state index in [-0.39, 0.29) is 18.6 Å². The zero-order valence-electron chi connectivity index (χ0n) is 12.6. The normalized spacial score (nSPS) is 23.2. The van der Waals surface area contributed by atoms with Gasteiger partial charge in [0.05, 0.1) is 18.1 Å². The molecule has 0 radical (unpaired) electrons. The summed E-state index contributed by atoms with van der Waals surface area (Å²) in [6, 6.07) is -0.614. The van der Waals surface area contributed by atoms with Gasteiger partial charge in [-0.05, 0) is 33.6 Å². The van der Waals surface area contributed by atoms with E-state index in [0.29, 0.717) is 19.4 Å². The second kappa shape index (κ2) is 6.92. The van der Waals surface area contributed by atoms with Crippen LogP contribution in [0.2, 0.25) is 0 Å². The van der Waals surface area contributed by atoms with Crippen LogP contribution in [0.1, 0.15) is 46.5 Å². The summed E-state index contributed by atoms with van der Waals surface area (Å²) in [6.07, 6.45) is 3.14. The van der Waals surface area contributed by atoms with Crippen LogP contribution in [0, 0.1) is 5.92 Å². The molecule has 0 aromatic rings. The van der Waals surface area contributed by atoms with Gasteiger partial charge in [0.15, 0.2) is 0 Å². The predicted octanol–water partition coefficient (Wildman–Crippen LogP) is 1.43. The minimum Gasteiger partial charge on any atom is -0.481 e. The van der Waals surface area contributed by atoms with Gasteiger partial charge in [0.1, 0.15) is 0 Å². The Balaban J connectivity index is 2.64. The van der Waals surface area contributed by atoms with Crippen molar-refractivity contribution in [2.45, 2.75) is 58.1 Å². The number of likely N-dealkylation sites (N-methyl/N-ethyl adjacent to an activating group) is 1. The molecule has 1 saturated carbocycles. The molecule has 20 heavy (non-hydrogen) atoms. The minimum atomic E-state index is -0.966. The molecule has 0 heterocycles. The second-order valence-electron chi connectivity index (χ2n) is 6.11. The van der Waals surface area contributed by atoms with Crippen LogP contribution in [0.3, 0.4) is 0 Å². The van der Waals surface area contributed by atoms with Crippen LogP contribution in [0.15, 0.2) is 0 Å². The van der Waals surface area contributed by atoms with Gasteiger partial charge in [-0.15, -0.1) is 0 Å². The van der Waals surface area contributed by atoms with Crippen LogP contribution in [-0.2, 0) is 4.79 Å². The zero-order valence-corrected chi connectivity index (χ0v) is 12.6. The molecule has 0 aromatic heterocycles. The molecule has 1 fully saturated rings. The van der Waals surface area contributed by atoms with Gasteiger partial charge in [-0.25, -0.2) is 4.79 Å². The van der Waals surface area contributed by atoms with E-state index >= 15 is 0 Å². The second-order valence-corrected chi connectivity index (χ2v) is 6.11. The number of carboxylic acids is 1. The minimum absolute atomic E-state index is 0.222. The van der Waals surface area contributed by atoms with Crippen molar-refractivity contribution in [1.29, 1.82) is 0 Å². The van der Waals surface area contributed by atoms with Crippen LogP contribution in [0.5, 0.6) is 0 Å². The first kappa shape index (κ1) is 16.8. The third-order valence-electron chi connectivity index (χ3n) is 3.64. The van der Waals surface area contributed by atoms with E-state index in [1.165, 1.54) is 4.90 Å². The highest BCUT2D eigenvalue weighted by atomic mass is 16.4. The Bertz CT molecular complexity index is 352. The highest BCUT2D eigenvalue weighted by molar-refractivity contribution is 5.77. The number of hydrogen-bond acceptors (Lipinski definition) is 3. The van der Waals surface area contributed by atoms with Crippen LogP contribution in [0.25, 0.3) is 0 Å². The zero-order chi connectivity index (χ0) is 15.3. The summed E-state index contributed by atoms with van der Waals surface area (Å²) in [4.78, 5) is 24.9. The summed E-state index contributed by atoms with van der Waals surface area (Å²) in [5.74, 6) is -1.35. The number of carboxylic acid groups (broad SMARTS) is 1. The molecular formula is C14H26N2O4. The maximum atomic E-state index is 12.2. The number of nitrogens with zero attached hydrogens (tertiary/aromatic N) is 1. The van der Waals surface area contributed by atoms with Crippen molar-refractivity contribution in [3.05, 3.63) is 0 Å². The highest BCUT2D eigenvalue weighted by Crippen LogP contribution is 2.24. The van der Waals surface area contributed by atoms with Gasteiger partial charge in [-0.2, -0.15) is 0 Å². The van der Waals surface area contributed by atoms with Gasteiger partial charge in [0.25, 0.3) is 0 Å². The first-order valence-electron chi connectivity index (χ1n) is 7.25. The summed E-state index contributed by atoms with van der Waals surface area (Å²) in [6.45, 7) is 5.81. The van der Waals surface area contributed by atoms with Gasteiger partial charge in [-0.3, -0.25) is 4.79 Å². The summed E-state index contributed by atoms with van der Waals surface area (Å²) >= 11 is 0. The molecule has 3 N–H and O–H groups in total. The molecule has 0 spiro atoms. The quantitative estimate of drug-likeness (QED) is 0.713. The Hall–Kier alpha value is -1.30. The average molecular weight is 286 g/mol. The van der Waals surface area contributed by atoms with E-state index in [2.05, 4.69) is 5.32 Å². The molecular weight excluding hydrogens is 260 g/mol. The average Bonchev–Trinajstić information content (AvgIpc) is 2.35. The first-order valence-corrected chi connectivity index (χ1v) is 7.25. The van der Waals surface area contributed by atoms with E-state index in [0.717, 1.165) is 12.8 Å². The molecule has 0 aliphatic heterocycles. The summed E-state index contributed by atoms with van der Waals surface area (Å²) in [5.41, 5.74) is -0.966. The Morgan fingerprint density at radius 1 is 1.30 bits per heavy atom. The smallest absolute Gasteiger partial charge is 0.317 e. The van der Waals surface area contributed by atoms with Gasteiger partial charge < -0.3 is 20.4 Å². The number of carbonyl (C=O) groups excluding carboxylic acids is 1. The molecule has 2 amide bonds. The molecule has 1 rings (SSSR count). The number of amides is 2. The lowest BCUT2D eigenvalue weighted by atomic mass is 9.84. The maximum Gasteiger partial charge on any atom is 0.317 e. The lowest BCUT2D eigenvalue weighted by molar-refractivity contribution is -0.143. The predicted molar refractivity (Wildman–Crippen MR) is 75.5 cm³/mol. The van der Waals surface area contributed by atoms with Gasteiger partial charge >= 0.3 is 12.0 Å². The van der Waals surface area contributed by atoms with Gasteiger partial charge in [0, 0.05) is 12.6 Å². The number of aliphatic carboxylic acids is 1. The van der Waals surface area contributed by atoms with Crippen molar-refractivity contribution in [1.82, 2.24) is 10.2 Å². The summed E-state index contributed by atoms with van der Waals surface area (Å²) in [5, 5.41) is 21.8. The molecule has 6 nitrogen and oxygen atoms in total. The molecule has 2 unspecified atom stereocenters. The Morgan fingerprint density at radius 2 is 1.90 bits per heavy atom. The van der Waals surface area contributed by atoms with Crippen molar-refractivity contribution in [2.24, 2.45) is 5.92 Å².